The number of benzene rings is 2. The van der Waals surface area contributed by atoms with Crippen LogP contribution in [0.5, 0.6) is 0 Å². The zero-order valence-corrected chi connectivity index (χ0v) is 21.4. The van der Waals surface area contributed by atoms with Crippen molar-refractivity contribution in [3.8, 4) is 0 Å². The fourth-order valence-electron chi connectivity index (χ4n) is 4.65. The van der Waals surface area contributed by atoms with Gasteiger partial charge in [0, 0.05) is 23.8 Å². The van der Waals surface area contributed by atoms with Crippen LogP contribution in [-0.4, -0.2) is 68.8 Å². The summed E-state index contributed by atoms with van der Waals surface area (Å²) in [7, 11) is 5.00. The second kappa shape index (κ2) is 11.0. The summed E-state index contributed by atoms with van der Waals surface area (Å²) in [6, 6.07) is 9.13. The molecule has 0 aliphatic carbocycles. The molecule has 0 aromatic heterocycles. The molecule has 0 radical (unpaired) electrons. The molecule has 196 valence electrons. The van der Waals surface area contributed by atoms with E-state index in [0.29, 0.717) is 18.8 Å². The van der Waals surface area contributed by atoms with Crippen LogP contribution in [0.25, 0.3) is 0 Å². The molecule has 37 heavy (non-hydrogen) atoms. The summed E-state index contributed by atoms with van der Waals surface area (Å²) in [6.07, 6.45) is 2.89. The molecule has 2 aliphatic rings. The summed E-state index contributed by atoms with van der Waals surface area (Å²) in [5.74, 6) is -2.10. The fourth-order valence-corrected chi connectivity index (χ4v) is 4.87. The fraction of sp³-hybridized carbons (Fsp3) is 0.333. The average molecular weight is 532 g/mol. The van der Waals surface area contributed by atoms with Crippen LogP contribution in [0.15, 0.2) is 65.8 Å². The summed E-state index contributed by atoms with van der Waals surface area (Å²) >= 11 is 6.08. The Morgan fingerprint density at radius 3 is 2.54 bits per heavy atom. The van der Waals surface area contributed by atoms with Gasteiger partial charge in [-0.15, -0.1) is 0 Å². The molecule has 0 saturated carbocycles. The first-order chi connectivity index (χ1) is 17.6. The molecule has 0 fully saturated rings. The number of fused-ring (bicyclic) bond motifs is 2. The lowest BCUT2D eigenvalue weighted by atomic mass is 9.78. The van der Waals surface area contributed by atoms with Gasteiger partial charge in [0.2, 0.25) is 0 Å². The number of esters is 1. The van der Waals surface area contributed by atoms with Crippen LogP contribution in [0.2, 0.25) is 5.02 Å². The SMILES string of the molecule is COC(=O)C1=C(C(=O)NCCN(C)C)C2C=CC1(C(Cc1ccc(F)cc1)Nc1cc(F)cc(Cl)c1)O2. The van der Waals surface area contributed by atoms with Gasteiger partial charge in [-0.3, -0.25) is 4.79 Å². The number of methoxy groups -OCH3 is 1. The zero-order valence-electron chi connectivity index (χ0n) is 20.7. The van der Waals surface area contributed by atoms with Crippen molar-refractivity contribution in [2.45, 2.75) is 24.2 Å². The van der Waals surface area contributed by atoms with E-state index in [-0.39, 0.29) is 22.6 Å². The molecule has 0 spiro atoms. The minimum Gasteiger partial charge on any atom is -0.466 e. The molecule has 4 rings (SSSR count). The third-order valence-electron chi connectivity index (χ3n) is 6.34. The first-order valence-electron chi connectivity index (χ1n) is 11.7. The third kappa shape index (κ3) is 5.69. The minimum atomic E-state index is -1.42. The van der Waals surface area contributed by atoms with Crippen molar-refractivity contribution < 1.29 is 27.8 Å². The Morgan fingerprint density at radius 1 is 1.16 bits per heavy atom. The van der Waals surface area contributed by atoms with Crippen LogP contribution in [0.1, 0.15) is 5.56 Å². The maximum atomic E-state index is 14.2. The van der Waals surface area contributed by atoms with Crippen molar-refractivity contribution >= 4 is 29.2 Å². The quantitative estimate of drug-likeness (QED) is 0.361. The highest BCUT2D eigenvalue weighted by atomic mass is 35.5. The number of carbonyl (C=O) groups excluding carboxylic acids is 2. The minimum absolute atomic E-state index is 0.0620. The second-order valence-electron chi connectivity index (χ2n) is 9.22. The Morgan fingerprint density at radius 2 is 1.89 bits per heavy atom. The first-order valence-corrected chi connectivity index (χ1v) is 12.1. The molecular weight excluding hydrogens is 504 g/mol. The number of likely N-dealkylation sites (N-methyl/N-ethyl adjacent to an activating group) is 1. The lowest BCUT2D eigenvalue weighted by molar-refractivity contribution is -0.138. The smallest absolute Gasteiger partial charge is 0.337 e. The van der Waals surface area contributed by atoms with Crippen LogP contribution in [0.3, 0.4) is 0 Å². The average Bonchev–Trinajstić information content (AvgIpc) is 3.42. The van der Waals surface area contributed by atoms with Gasteiger partial charge in [-0.1, -0.05) is 29.8 Å². The van der Waals surface area contributed by atoms with E-state index in [4.69, 9.17) is 21.1 Å². The predicted octanol–water partition coefficient (Wildman–Crippen LogP) is 3.50. The summed E-state index contributed by atoms with van der Waals surface area (Å²) in [5, 5.41) is 6.25. The molecule has 2 aliphatic heterocycles. The number of ether oxygens (including phenoxy) is 2. The van der Waals surface area contributed by atoms with Gasteiger partial charge in [-0.2, -0.15) is 0 Å². The highest BCUT2D eigenvalue weighted by molar-refractivity contribution is 6.30. The van der Waals surface area contributed by atoms with Gasteiger partial charge in [-0.25, -0.2) is 13.6 Å². The van der Waals surface area contributed by atoms with Crippen LogP contribution < -0.4 is 10.6 Å². The largest absolute Gasteiger partial charge is 0.466 e. The number of amides is 1. The summed E-state index contributed by atoms with van der Waals surface area (Å²) in [6.45, 7) is 0.973. The molecule has 2 aromatic carbocycles. The van der Waals surface area contributed by atoms with Crippen LogP contribution >= 0.6 is 11.6 Å². The van der Waals surface area contributed by atoms with Crippen molar-refractivity contribution in [3.63, 3.8) is 0 Å². The van der Waals surface area contributed by atoms with Gasteiger partial charge in [0.1, 0.15) is 23.3 Å². The molecule has 2 bridgehead atoms. The van der Waals surface area contributed by atoms with Gasteiger partial charge in [0.05, 0.1) is 24.3 Å². The molecule has 3 unspecified atom stereocenters. The molecule has 1 amide bonds. The van der Waals surface area contributed by atoms with Gasteiger partial charge >= 0.3 is 5.97 Å². The van der Waals surface area contributed by atoms with Gasteiger partial charge in [0.25, 0.3) is 5.91 Å². The maximum Gasteiger partial charge on any atom is 0.337 e. The number of carbonyl (C=O) groups is 2. The van der Waals surface area contributed by atoms with E-state index in [0.717, 1.165) is 5.56 Å². The third-order valence-corrected chi connectivity index (χ3v) is 6.56. The van der Waals surface area contributed by atoms with Gasteiger partial charge in [0.15, 0.2) is 0 Å². The summed E-state index contributed by atoms with van der Waals surface area (Å²) < 4.78 is 39.2. The first kappa shape index (κ1) is 26.8. The molecule has 3 atom stereocenters. The van der Waals surface area contributed by atoms with Gasteiger partial charge in [-0.05, 0) is 62.5 Å². The number of rotatable bonds is 10. The number of anilines is 1. The Labute approximate surface area is 219 Å². The highest BCUT2D eigenvalue weighted by Crippen LogP contribution is 2.47. The standard InChI is InChI=1S/C27H28ClF2N3O4/c1-33(2)11-10-31-25(34)23-21-8-9-27(37-21,24(23)26(35)36-3)22(12-16-4-6-18(29)7-5-16)32-20-14-17(28)13-19(30)15-20/h4-9,13-15,21-22,32H,10-12H2,1-3H3,(H,31,34). The summed E-state index contributed by atoms with van der Waals surface area (Å²) in [4.78, 5) is 28.3. The molecular formula is C27H28ClF2N3O4. The van der Waals surface area contributed by atoms with E-state index < -0.39 is 41.3 Å². The van der Waals surface area contributed by atoms with Crippen molar-refractivity contribution in [3.05, 3.63) is 88.0 Å². The maximum absolute atomic E-state index is 14.2. The van der Waals surface area contributed by atoms with Crippen molar-refractivity contribution in [1.82, 2.24) is 10.2 Å². The van der Waals surface area contributed by atoms with Crippen molar-refractivity contribution in [1.29, 1.82) is 0 Å². The molecule has 10 heteroatoms. The number of halogens is 3. The van der Waals surface area contributed by atoms with Crippen LogP contribution in [0.4, 0.5) is 14.5 Å². The zero-order chi connectivity index (χ0) is 26.7. The van der Waals surface area contributed by atoms with Crippen LogP contribution in [0, 0.1) is 11.6 Å². The number of nitrogens with one attached hydrogen (secondary N) is 2. The molecule has 2 aromatic rings. The lowest BCUT2D eigenvalue weighted by Crippen LogP contribution is -2.49. The Balaban J connectivity index is 1.77. The van der Waals surface area contributed by atoms with Crippen molar-refractivity contribution in [2.24, 2.45) is 0 Å². The van der Waals surface area contributed by atoms with E-state index in [1.165, 1.54) is 31.4 Å². The van der Waals surface area contributed by atoms with E-state index >= 15 is 0 Å². The van der Waals surface area contributed by atoms with E-state index in [9.17, 15) is 18.4 Å². The Bertz CT molecular complexity index is 1230. The van der Waals surface area contributed by atoms with E-state index in [1.807, 2.05) is 19.0 Å². The summed E-state index contributed by atoms with van der Waals surface area (Å²) in [5.41, 5.74) is -0.119. The highest BCUT2D eigenvalue weighted by Gasteiger charge is 2.58. The van der Waals surface area contributed by atoms with Crippen LogP contribution in [-0.2, 0) is 25.5 Å². The second-order valence-corrected chi connectivity index (χ2v) is 9.65. The Hall–Kier alpha value is -3.27. The topological polar surface area (TPSA) is 79.9 Å². The number of hydrogen-bond donors (Lipinski definition) is 2. The molecule has 0 saturated heterocycles. The molecule has 7 nitrogen and oxygen atoms in total. The molecule has 2 heterocycles. The molecule has 2 N–H and O–H groups in total. The van der Waals surface area contributed by atoms with Crippen molar-refractivity contribution in [2.75, 3.05) is 39.6 Å². The van der Waals surface area contributed by atoms with E-state index in [2.05, 4.69) is 10.6 Å². The lowest BCUT2D eigenvalue weighted by Gasteiger charge is -2.36. The van der Waals surface area contributed by atoms with Gasteiger partial charge < -0.3 is 25.0 Å². The van der Waals surface area contributed by atoms with E-state index in [1.54, 1.807) is 30.4 Å². The Kier molecular flexibility index (Phi) is 7.96. The number of hydrogen-bond acceptors (Lipinski definition) is 6. The predicted molar refractivity (Wildman–Crippen MR) is 136 cm³/mol. The number of nitrogens with zero attached hydrogens (tertiary/aromatic N) is 1. The normalized spacial score (nSPS) is 20.9. The monoisotopic (exact) mass is 531 g/mol.